The van der Waals surface area contributed by atoms with Crippen LogP contribution in [0.15, 0.2) is 0 Å². The molecule has 1 aliphatic rings. The molecular formula is C13H26N2O3. The van der Waals surface area contributed by atoms with Gasteiger partial charge >= 0.3 is 6.03 Å². The molecular weight excluding hydrogens is 232 g/mol. The number of carbonyl (C=O) groups excluding carboxylic acids is 1. The second-order valence-corrected chi connectivity index (χ2v) is 5.50. The summed E-state index contributed by atoms with van der Waals surface area (Å²) in [6.07, 6.45) is 3.19. The highest BCUT2D eigenvalue weighted by molar-refractivity contribution is 5.74. The predicted octanol–water partition coefficient (Wildman–Crippen LogP) is 1.26. The molecule has 0 radical (unpaired) electrons. The number of hydrogen-bond acceptors (Lipinski definition) is 3. The van der Waals surface area contributed by atoms with Crippen LogP contribution in [0, 0.1) is 5.92 Å². The summed E-state index contributed by atoms with van der Waals surface area (Å²) >= 11 is 0. The molecule has 1 fully saturated rings. The lowest BCUT2D eigenvalue weighted by Gasteiger charge is -2.28. The second-order valence-electron chi connectivity index (χ2n) is 5.50. The highest BCUT2D eigenvalue weighted by Crippen LogP contribution is 2.39. The SMILES string of the molecule is CC(C)OCCCNC(=O)NC(C)(CO)C1CC1. The lowest BCUT2D eigenvalue weighted by molar-refractivity contribution is 0.0772. The average Bonchev–Trinajstić information content (AvgIpc) is 3.12. The molecule has 0 aromatic rings. The highest BCUT2D eigenvalue weighted by Gasteiger charge is 2.42. The first kappa shape index (κ1) is 15.2. The van der Waals surface area contributed by atoms with Crippen LogP contribution in [-0.4, -0.2) is 42.5 Å². The molecule has 5 heteroatoms. The Bertz CT molecular complexity index is 267. The first-order valence-electron chi connectivity index (χ1n) is 6.76. The van der Waals surface area contributed by atoms with Crippen molar-refractivity contribution in [2.45, 2.75) is 51.7 Å². The molecule has 0 saturated heterocycles. The Kier molecular flexibility index (Phi) is 5.88. The molecule has 0 aliphatic heterocycles. The third-order valence-corrected chi connectivity index (χ3v) is 3.26. The summed E-state index contributed by atoms with van der Waals surface area (Å²) in [7, 11) is 0. The third-order valence-electron chi connectivity index (χ3n) is 3.26. The summed E-state index contributed by atoms with van der Waals surface area (Å²) in [5, 5.41) is 15.0. The third kappa shape index (κ3) is 5.23. The van der Waals surface area contributed by atoms with Gasteiger partial charge in [-0.3, -0.25) is 0 Å². The van der Waals surface area contributed by atoms with E-state index in [1.54, 1.807) is 0 Å². The van der Waals surface area contributed by atoms with Crippen molar-refractivity contribution in [3.05, 3.63) is 0 Å². The Hall–Kier alpha value is -0.810. The van der Waals surface area contributed by atoms with Crippen LogP contribution < -0.4 is 10.6 Å². The fourth-order valence-corrected chi connectivity index (χ4v) is 1.89. The average molecular weight is 258 g/mol. The van der Waals surface area contributed by atoms with Gasteiger partial charge in [0, 0.05) is 13.2 Å². The quantitative estimate of drug-likeness (QED) is 0.574. The van der Waals surface area contributed by atoms with Crippen molar-refractivity contribution in [1.29, 1.82) is 0 Å². The van der Waals surface area contributed by atoms with E-state index < -0.39 is 5.54 Å². The Morgan fingerprint density at radius 3 is 2.67 bits per heavy atom. The number of aliphatic hydroxyl groups is 1. The maximum absolute atomic E-state index is 11.7. The first-order valence-corrected chi connectivity index (χ1v) is 6.76. The molecule has 5 nitrogen and oxygen atoms in total. The van der Waals surface area contributed by atoms with Crippen LogP contribution >= 0.6 is 0 Å². The van der Waals surface area contributed by atoms with Gasteiger partial charge in [-0.2, -0.15) is 0 Å². The van der Waals surface area contributed by atoms with Gasteiger partial charge in [0.25, 0.3) is 0 Å². The Morgan fingerprint density at radius 2 is 2.17 bits per heavy atom. The largest absolute Gasteiger partial charge is 0.394 e. The van der Waals surface area contributed by atoms with Crippen LogP contribution in [0.4, 0.5) is 4.79 Å². The molecule has 3 N–H and O–H groups in total. The lowest BCUT2D eigenvalue weighted by Crippen LogP contribution is -2.54. The lowest BCUT2D eigenvalue weighted by atomic mass is 9.97. The highest BCUT2D eigenvalue weighted by atomic mass is 16.5. The van der Waals surface area contributed by atoms with E-state index >= 15 is 0 Å². The number of carbonyl (C=O) groups is 1. The number of rotatable bonds is 8. The number of ether oxygens (including phenoxy) is 1. The number of hydrogen-bond donors (Lipinski definition) is 3. The molecule has 0 aromatic heterocycles. The zero-order valence-corrected chi connectivity index (χ0v) is 11.7. The van der Waals surface area contributed by atoms with Gasteiger partial charge < -0.3 is 20.5 Å². The molecule has 1 saturated carbocycles. The van der Waals surface area contributed by atoms with Crippen molar-refractivity contribution in [1.82, 2.24) is 10.6 Å². The minimum Gasteiger partial charge on any atom is -0.394 e. The Balaban J connectivity index is 2.13. The summed E-state index contributed by atoms with van der Waals surface area (Å²) < 4.78 is 5.38. The number of aliphatic hydroxyl groups excluding tert-OH is 1. The zero-order chi connectivity index (χ0) is 13.6. The molecule has 18 heavy (non-hydrogen) atoms. The number of nitrogens with one attached hydrogen (secondary N) is 2. The second kappa shape index (κ2) is 6.95. The van der Waals surface area contributed by atoms with E-state index in [0.717, 1.165) is 19.3 Å². The molecule has 1 rings (SSSR count). The fraction of sp³-hybridized carbons (Fsp3) is 0.923. The van der Waals surface area contributed by atoms with Crippen molar-refractivity contribution in [2.24, 2.45) is 5.92 Å². The molecule has 0 aromatic carbocycles. The smallest absolute Gasteiger partial charge is 0.315 e. The maximum atomic E-state index is 11.7. The standard InChI is InChI=1S/C13H26N2O3/c1-10(2)18-8-4-7-14-12(17)15-13(3,9-16)11-5-6-11/h10-11,16H,4-9H2,1-3H3,(H2,14,15,17). The first-order chi connectivity index (χ1) is 8.48. The molecule has 1 atom stereocenters. The zero-order valence-electron chi connectivity index (χ0n) is 11.7. The van der Waals surface area contributed by atoms with E-state index in [0.29, 0.717) is 19.1 Å². The van der Waals surface area contributed by atoms with E-state index in [1.165, 1.54) is 0 Å². The Labute approximate surface area is 109 Å². The molecule has 0 heterocycles. The van der Waals surface area contributed by atoms with Gasteiger partial charge in [0.05, 0.1) is 18.2 Å². The van der Waals surface area contributed by atoms with Gasteiger partial charge in [-0.1, -0.05) is 0 Å². The van der Waals surface area contributed by atoms with Crippen molar-refractivity contribution in [2.75, 3.05) is 19.8 Å². The summed E-state index contributed by atoms with van der Waals surface area (Å²) in [6, 6.07) is -0.206. The Morgan fingerprint density at radius 1 is 1.50 bits per heavy atom. The van der Waals surface area contributed by atoms with Crippen LogP contribution in [0.25, 0.3) is 0 Å². The molecule has 106 valence electrons. The normalized spacial score (nSPS) is 18.5. The topological polar surface area (TPSA) is 70.6 Å². The van der Waals surface area contributed by atoms with E-state index in [2.05, 4.69) is 10.6 Å². The van der Waals surface area contributed by atoms with E-state index in [4.69, 9.17) is 4.74 Å². The predicted molar refractivity (Wildman–Crippen MR) is 70.5 cm³/mol. The summed E-state index contributed by atoms with van der Waals surface area (Å²) in [4.78, 5) is 11.7. The van der Waals surface area contributed by atoms with Crippen molar-refractivity contribution < 1.29 is 14.6 Å². The van der Waals surface area contributed by atoms with Gasteiger partial charge in [0.2, 0.25) is 0 Å². The minimum absolute atomic E-state index is 0.0124. The minimum atomic E-state index is -0.474. The molecule has 1 aliphatic carbocycles. The van der Waals surface area contributed by atoms with Crippen molar-refractivity contribution in [3.8, 4) is 0 Å². The molecule has 1 unspecified atom stereocenters. The van der Waals surface area contributed by atoms with Crippen LogP contribution in [0.1, 0.15) is 40.0 Å². The van der Waals surface area contributed by atoms with Crippen LogP contribution in [0.5, 0.6) is 0 Å². The molecule has 0 spiro atoms. The van der Waals surface area contributed by atoms with Crippen molar-refractivity contribution >= 4 is 6.03 Å². The number of urea groups is 1. The fourth-order valence-electron chi connectivity index (χ4n) is 1.89. The summed E-state index contributed by atoms with van der Waals surface area (Å²) in [5.74, 6) is 0.414. The molecule has 0 bridgehead atoms. The van der Waals surface area contributed by atoms with Gasteiger partial charge in [-0.05, 0) is 46.0 Å². The van der Waals surface area contributed by atoms with Gasteiger partial charge in [-0.25, -0.2) is 4.79 Å². The van der Waals surface area contributed by atoms with Crippen molar-refractivity contribution in [3.63, 3.8) is 0 Å². The van der Waals surface area contributed by atoms with Gasteiger partial charge in [-0.15, -0.1) is 0 Å². The van der Waals surface area contributed by atoms with Crippen LogP contribution in [0.3, 0.4) is 0 Å². The maximum Gasteiger partial charge on any atom is 0.315 e. The monoisotopic (exact) mass is 258 g/mol. The summed E-state index contributed by atoms with van der Waals surface area (Å²) in [6.45, 7) is 7.10. The van der Waals surface area contributed by atoms with Crippen LogP contribution in [-0.2, 0) is 4.74 Å². The van der Waals surface area contributed by atoms with E-state index in [1.807, 2.05) is 20.8 Å². The van der Waals surface area contributed by atoms with Crippen LogP contribution in [0.2, 0.25) is 0 Å². The molecule has 2 amide bonds. The van der Waals surface area contributed by atoms with Gasteiger partial charge in [0.15, 0.2) is 0 Å². The number of amides is 2. The van der Waals surface area contributed by atoms with E-state index in [-0.39, 0.29) is 18.7 Å². The van der Waals surface area contributed by atoms with Gasteiger partial charge in [0.1, 0.15) is 0 Å². The summed E-state index contributed by atoms with van der Waals surface area (Å²) in [5.41, 5.74) is -0.474. The van der Waals surface area contributed by atoms with E-state index in [9.17, 15) is 9.90 Å².